The van der Waals surface area contributed by atoms with Crippen LogP contribution in [0.1, 0.15) is 17.5 Å². The van der Waals surface area contributed by atoms with Crippen molar-refractivity contribution < 1.29 is 18.0 Å². The molecule has 2 rings (SSSR count). The molecule has 0 radical (unpaired) electrons. The number of fused-ring (bicyclic) bond motifs is 1. The van der Waals surface area contributed by atoms with E-state index in [2.05, 4.69) is 9.97 Å². The Kier molecular flexibility index (Phi) is 2.98. The van der Waals surface area contributed by atoms with Crippen molar-refractivity contribution in [1.82, 2.24) is 15.3 Å². The van der Waals surface area contributed by atoms with E-state index in [4.69, 9.17) is 0 Å². The first-order chi connectivity index (χ1) is 8.38. The van der Waals surface area contributed by atoms with Gasteiger partial charge in [0, 0.05) is 0 Å². The van der Waals surface area contributed by atoms with Gasteiger partial charge in [0.1, 0.15) is 6.04 Å². The Morgan fingerprint density at radius 1 is 1.39 bits per heavy atom. The molecule has 2 N–H and O–H groups in total. The molecule has 4 nitrogen and oxygen atoms in total. The van der Waals surface area contributed by atoms with E-state index in [1.807, 2.05) is 5.32 Å². The lowest BCUT2D eigenvalue weighted by atomic mass is 10.3. The number of hydrogen-bond donors (Lipinski definition) is 2. The van der Waals surface area contributed by atoms with E-state index >= 15 is 0 Å². The first-order valence-electron chi connectivity index (χ1n) is 5.20. The lowest BCUT2D eigenvalue weighted by molar-refractivity contribution is -0.149. The molecule has 1 aromatic carbocycles. The highest BCUT2D eigenvalue weighted by atomic mass is 19.4. The maximum Gasteiger partial charge on any atom is 0.408 e. The van der Waals surface area contributed by atoms with Crippen molar-refractivity contribution in [3.8, 4) is 0 Å². The predicted molar refractivity (Wildman–Crippen MR) is 59.1 cm³/mol. The molecule has 0 saturated heterocycles. The van der Waals surface area contributed by atoms with Crippen LogP contribution in [0.15, 0.2) is 24.3 Å². The van der Waals surface area contributed by atoms with Crippen LogP contribution in [0.2, 0.25) is 0 Å². The van der Waals surface area contributed by atoms with Gasteiger partial charge in [-0.05, 0) is 19.1 Å². The zero-order chi connectivity index (χ0) is 13.3. The van der Waals surface area contributed by atoms with Gasteiger partial charge in [0.2, 0.25) is 0 Å². The minimum atomic E-state index is -4.47. The van der Waals surface area contributed by atoms with Crippen LogP contribution in [-0.4, -0.2) is 28.1 Å². The predicted octanol–water partition coefficient (Wildman–Crippen LogP) is 2.24. The maximum absolute atomic E-state index is 12.3. The summed E-state index contributed by atoms with van der Waals surface area (Å²) in [5.41, 5.74) is 1.13. The van der Waals surface area contributed by atoms with E-state index in [0.717, 1.165) is 6.92 Å². The van der Waals surface area contributed by atoms with Gasteiger partial charge in [-0.15, -0.1) is 0 Å². The normalized spacial score (nSPS) is 13.6. The summed E-state index contributed by atoms with van der Waals surface area (Å²) in [6, 6.07) is 4.89. The fourth-order valence-electron chi connectivity index (χ4n) is 1.41. The number of hydrogen-bond acceptors (Lipinski definition) is 2. The van der Waals surface area contributed by atoms with Crippen LogP contribution >= 0.6 is 0 Å². The Hall–Kier alpha value is -2.05. The molecule has 1 atom stereocenters. The van der Waals surface area contributed by atoms with Gasteiger partial charge < -0.3 is 10.3 Å². The Labute approximate surface area is 100 Å². The number of rotatable bonds is 2. The summed E-state index contributed by atoms with van der Waals surface area (Å²) in [6.45, 7) is 0.876. The Morgan fingerprint density at radius 3 is 2.67 bits per heavy atom. The number of benzene rings is 1. The van der Waals surface area contributed by atoms with Gasteiger partial charge in [-0.3, -0.25) is 4.79 Å². The quantitative estimate of drug-likeness (QED) is 0.866. The fourth-order valence-corrected chi connectivity index (χ4v) is 1.41. The summed E-state index contributed by atoms with van der Waals surface area (Å²) in [6.07, 6.45) is -4.47. The minimum Gasteiger partial charge on any atom is -0.338 e. The Morgan fingerprint density at radius 2 is 2.06 bits per heavy atom. The second-order valence-corrected chi connectivity index (χ2v) is 3.84. The van der Waals surface area contributed by atoms with E-state index in [1.54, 1.807) is 24.3 Å². The van der Waals surface area contributed by atoms with E-state index in [1.165, 1.54) is 0 Å². The molecule has 96 valence electrons. The van der Waals surface area contributed by atoms with Crippen molar-refractivity contribution in [2.75, 3.05) is 0 Å². The molecule has 1 heterocycles. The molecule has 0 aliphatic carbocycles. The number of nitrogens with one attached hydrogen (secondary N) is 2. The first kappa shape index (κ1) is 12.4. The third-order valence-electron chi connectivity index (χ3n) is 2.44. The average Bonchev–Trinajstić information content (AvgIpc) is 2.71. The summed E-state index contributed by atoms with van der Waals surface area (Å²) in [4.78, 5) is 18.1. The molecule has 0 bridgehead atoms. The zero-order valence-corrected chi connectivity index (χ0v) is 9.38. The van der Waals surface area contributed by atoms with Crippen LogP contribution in [0.5, 0.6) is 0 Å². The number of halogens is 3. The number of para-hydroxylation sites is 2. The number of imidazole rings is 1. The largest absolute Gasteiger partial charge is 0.408 e. The molecule has 7 heteroatoms. The van der Waals surface area contributed by atoms with Crippen LogP contribution in [0.25, 0.3) is 11.0 Å². The molecule has 2 aromatic rings. The molecule has 0 aliphatic rings. The smallest absolute Gasteiger partial charge is 0.338 e. The van der Waals surface area contributed by atoms with Gasteiger partial charge in [-0.1, -0.05) is 12.1 Å². The molecule has 18 heavy (non-hydrogen) atoms. The van der Waals surface area contributed by atoms with Gasteiger partial charge in [-0.2, -0.15) is 13.2 Å². The topological polar surface area (TPSA) is 57.8 Å². The standard InChI is InChI=1S/C11H10F3N3O/c1-6(11(12,13)14)15-10(18)9-16-7-4-2-3-5-8(7)17-9/h2-6H,1H3,(H,15,18)(H,16,17)/t6-/m0/s1. The molecule has 1 amide bonds. The molecular weight excluding hydrogens is 247 g/mol. The van der Waals surface area contributed by atoms with Gasteiger partial charge >= 0.3 is 6.18 Å². The highest BCUT2D eigenvalue weighted by molar-refractivity contribution is 5.94. The number of aromatic amines is 1. The number of carbonyl (C=O) groups excluding carboxylic acids is 1. The van der Waals surface area contributed by atoms with Gasteiger partial charge in [-0.25, -0.2) is 4.98 Å². The van der Waals surface area contributed by atoms with Crippen LogP contribution in [-0.2, 0) is 0 Å². The molecular formula is C11H10F3N3O. The van der Waals surface area contributed by atoms with E-state index < -0.39 is 18.1 Å². The Balaban J connectivity index is 2.19. The second-order valence-electron chi connectivity index (χ2n) is 3.84. The van der Waals surface area contributed by atoms with Crippen molar-refractivity contribution >= 4 is 16.9 Å². The summed E-state index contributed by atoms with van der Waals surface area (Å²) >= 11 is 0. The van der Waals surface area contributed by atoms with Crippen LogP contribution in [0, 0.1) is 0 Å². The van der Waals surface area contributed by atoms with Crippen molar-refractivity contribution in [3.63, 3.8) is 0 Å². The summed E-state index contributed by atoms with van der Waals surface area (Å²) < 4.78 is 36.9. The molecule has 0 aliphatic heterocycles. The van der Waals surface area contributed by atoms with Crippen molar-refractivity contribution in [3.05, 3.63) is 30.1 Å². The summed E-state index contributed by atoms with van der Waals surface area (Å²) in [5.74, 6) is -1.01. The fraction of sp³-hybridized carbons (Fsp3) is 0.273. The maximum atomic E-state index is 12.3. The number of H-pyrrole nitrogens is 1. The minimum absolute atomic E-state index is 0.132. The second kappa shape index (κ2) is 4.32. The number of carbonyl (C=O) groups is 1. The molecule has 1 aromatic heterocycles. The van der Waals surface area contributed by atoms with E-state index in [0.29, 0.717) is 11.0 Å². The van der Waals surface area contributed by atoms with Crippen LogP contribution in [0.3, 0.4) is 0 Å². The first-order valence-corrected chi connectivity index (χ1v) is 5.20. The molecule has 0 saturated carbocycles. The van der Waals surface area contributed by atoms with Gasteiger partial charge in [0.15, 0.2) is 5.82 Å². The van der Waals surface area contributed by atoms with Gasteiger partial charge in [0.25, 0.3) is 5.91 Å². The number of alkyl halides is 3. The van der Waals surface area contributed by atoms with Crippen LogP contribution < -0.4 is 5.32 Å². The SMILES string of the molecule is C[C@H](NC(=O)c1nc2ccccc2[nH]1)C(F)(F)F. The summed E-state index contributed by atoms with van der Waals surface area (Å²) in [7, 11) is 0. The highest BCUT2D eigenvalue weighted by Gasteiger charge is 2.37. The summed E-state index contributed by atoms with van der Waals surface area (Å²) in [5, 5.41) is 1.84. The highest BCUT2D eigenvalue weighted by Crippen LogP contribution is 2.20. The third kappa shape index (κ3) is 2.44. The third-order valence-corrected chi connectivity index (χ3v) is 2.44. The van der Waals surface area contributed by atoms with Crippen molar-refractivity contribution in [1.29, 1.82) is 0 Å². The van der Waals surface area contributed by atoms with E-state index in [-0.39, 0.29) is 5.82 Å². The lowest BCUT2D eigenvalue weighted by Gasteiger charge is -2.16. The molecule has 0 spiro atoms. The Bertz CT molecular complexity index is 543. The number of aromatic nitrogens is 2. The van der Waals surface area contributed by atoms with Gasteiger partial charge in [0.05, 0.1) is 11.0 Å². The van der Waals surface area contributed by atoms with Crippen molar-refractivity contribution in [2.45, 2.75) is 19.1 Å². The van der Waals surface area contributed by atoms with E-state index in [9.17, 15) is 18.0 Å². The monoisotopic (exact) mass is 257 g/mol. The number of nitrogens with zero attached hydrogens (tertiary/aromatic N) is 1. The zero-order valence-electron chi connectivity index (χ0n) is 9.38. The average molecular weight is 257 g/mol. The number of amides is 1. The lowest BCUT2D eigenvalue weighted by Crippen LogP contribution is -2.43. The van der Waals surface area contributed by atoms with Crippen molar-refractivity contribution in [2.24, 2.45) is 0 Å². The molecule has 0 fully saturated rings. The van der Waals surface area contributed by atoms with Crippen LogP contribution in [0.4, 0.5) is 13.2 Å². The molecule has 0 unspecified atom stereocenters.